The third-order valence-electron chi connectivity index (χ3n) is 3.46. The van der Waals surface area contributed by atoms with Gasteiger partial charge in [-0.1, -0.05) is 0 Å². The quantitative estimate of drug-likeness (QED) is 0.440. The summed E-state index contributed by atoms with van der Waals surface area (Å²) in [6.07, 6.45) is 1.90. The lowest BCUT2D eigenvalue weighted by Crippen LogP contribution is -2.43. The highest BCUT2D eigenvalue weighted by Crippen LogP contribution is 2.23. The Bertz CT molecular complexity index is 548. The number of ether oxygens (including phenoxy) is 1. The number of rotatable bonds is 4. The number of carbonyl (C=O) groups is 1. The molecule has 21 heavy (non-hydrogen) atoms. The van der Waals surface area contributed by atoms with Crippen LogP contribution in [0.2, 0.25) is 0 Å². The van der Waals surface area contributed by atoms with Crippen LogP contribution in [0.3, 0.4) is 0 Å². The fourth-order valence-corrected chi connectivity index (χ4v) is 3.02. The molecule has 6 nitrogen and oxygen atoms in total. The summed E-state index contributed by atoms with van der Waals surface area (Å²) < 4.78 is 6.31. The van der Waals surface area contributed by atoms with E-state index in [9.17, 15) is 14.9 Å². The zero-order chi connectivity index (χ0) is 15.4. The molecule has 0 spiro atoms. The summed E-state index contributed by atoms with van der Waals surface area (Å²) in [5, 5.41) is 10.9. The van der Waals surface area contributed by atoms with E-state index in [0.29, 0.717) is 25.3 Å². The van der Waals surface area contributed by atoms with Crippen molar-refractivity contribution in [3.05, 3.63) is 37.4 Å². The lowest BCUT2D eigenvalue weighted by atomic mass is 10.1. The number of hydrogen-bond acceptors (Lipinski definition) is 4. The van der Waals surface area contributed by atoms with Crippen LogP contribution in [0.4, 0.5) is 5.69 Å². The Balaban J connectivity index is 2.19. The fourth-order valence-electron chi connectivity index (χ4n) is 2.46. The van der Waals surface area contributed by atoms with Crippen LogP contribution in [0.25, 0.3) is 0 Å². The Labute approximate surface area is 136 Å². The van der Waals surface area contributed by atoms with Crippen LogP contribution in [-0.4, -0.2) is 41.5 Å². The molecule has 1 heterocycles. The smallest absolute Gasteiger partial charge is 0.270 e. The number of non-ortho nitro benzene ring substituents is 1. The van der Waals surface area contributed by atoms with Crippen molar-refractivity contribution in [1.29, 1.82) is 0 Å². The maximum absolute atomic E-state index is 12.6. The number of amides is 1. The van der Waals surface area contributed by atoms with E-state index in [1.165, 1.54) is 12.1 Å². The molecule has 1 atom stereocenters. The van der Waals surface area contributed by atoms with Gasteiger partial charge in [-0.2, -0.15) is 0 Å². The average molecular weight is 404 g/mol. The first-order valence-electron chi connectivity index (χ1n) is 6.87. The van der Waals surface area contributed by atoms with Crippen molar-refractivity contribution in [2.24, 2.45) is 0 Å². The zero-order valence-corrected chi connectivity index (χ0v) is 13.9. The van der Waals surface area contributed by atoms with Gasteiger partial charge in [0, 0.05) is 35.4 Å². The number of halogens is 1. The van der Waals surface area contributed by atoms with Gasteiger partial charge < -0.3 is 9.64 Å². The standard InChI is InChI=1S/C14H17IN2O4/c1-2-21-11-4-3-7-16(9-11)14(18)12-8-10(17(19)20)5-6-13(12)15/h5-6,8,11H,2-4,7,9H2,1H3. The maximum Gasteiger partial charge on any atom is 0.270 e. The number of benzene rings is 1. The van der Waals surface area contributed by atoms with E-state index in [2.05, 4.69) is 0 Å². The monoisotopic (exact) mass is 404 g/mol. The van der Waals surface area contributed by atoms with E-state index in [1.807, 2.05) is 29.5 Å². The second kappa shape index (κ2) is 7.17. The molecule has 0 aliphatic carbocycles. The number of hydrogen-bond donors (Lipinski definition) is 0. The SMILES string of the molecule is CCOC1CCCN(C(=O)c2cc([N+](=O)[O-])ccc2I)C1. The van der Waals surface area contributed by atoms with Gasteiger partial charge >= 0.3 is 0 Å². The molecular weight excluding hydrogens is 387 g/mol. The van der Waals surface area contributed by atoms with E-state index in [1.54, 1.807) is 11.0 Å². The zero-order valence-electron chi connectivity index (χ0n) is 11.8. The van der Waals surface area contributed by atoms with Crippen molar-refractivity contribution in [3.8, 4) is 0 Å². The number of piperidine rings is 1. The molecule has 1 fully saturated rings. The highest BCUT2D eigenvalue weighted by atomic mass is 127. The lowest BCUT2D eigenvalue weighted by molar-refractivity contribution is -0.384. The van der Waals surface area contributed by atoms with Gasteiger partial charge in [0.1, 0.15) is 0 Å². The predicted molar refractivity (Wildman–Crippen MR) is 86.4 cm³/mol. The van der Waals surface area contributed by atoms with Crippen LogP contribution in [0.5, 0.6) is 0 Å². The van der Waals surface area contributed by atoms with Crippen molar-refractivity contribution >= 4 is 34.2 Å². The molecule has 7 heteroatoms. The minimum atomic E-state index is -0.480. The Morgan fingerprint density at radius 2 is 2.33 bits per heavy atom. The van der Waals surface area contributed by atoms with E-state index in [4.69, 9.17) is 4.74 Å². The molecule has 1 aliphatic heterocycles. The van der Waals surface area contributed by atoms with E-state index in [-0.39, 0.29) is 17.7 Å². The maximum atomic E-state index is 12.6. The van der Waals surface area contributed by atoms with Gasteiger partial charge in [-0.15, -0.1) is 0 Å². The van der Waals surface area contributed by atoms with Crippen LogP contribution in [0.15, 0.2) is 18.2 Å². The van der Waals surface area contributed by atoms with Crippen LogP contribution >= 0.6 is 22.6 Å². The molecule has 1 aromatic rings. The molecule has 1 saturated heterocycles. The van der Waals surface area contributed by atoms with Crippen LogP contribution in [0.1, 0.15) is 30.1 Å². The van der Waals surface area contributed by atoms with Gasteiger partial charge in [0.05, 0.1) is 16.6 Å². The minimum Gasteiger partial charge on any atom is -0.377 e. The summed E-state index contributed by atoms with van der Waals surface area (Å²) in [6.45, 7) is 3.78. The molecule has 1 amide bonds. The van der Waals surface area contributed by atoms with Gasteiger partial charge in [0.2, 0.25) is 0 Å². The van der Waals surface area contributed by atoms with E-state index in [0.717, 1.165) is 16.4 Å². The van der Waals surface area contributed by atoms with Gasteiger partial charge in [-0.25, -0.2) is 0 Å². The predicted octanol–water partition coefficient (Wildman–Crippen LogP) is 2.84. The molecule has 0 N–H and O–H groups in total. The second-order valence-electron chi connectivity index (χ2n) is 4.89. The highest BCUT2D eigenvalue weighted by molar-refractivity contribution is 14.1. The Hall–Kier alpha value is -1.22. The Morgan fingerprint density at radius 1 is 1.57 bits per heavy atom. The van der Waals surface area contributed by atoms with Crippen LogP contribution < -0.4 is 0 Å². The normalized spacial score (nSPS) is 18.6. The van der Waals surface area contributed by atoms with Gasteiger partial charge in [-0.05, 0) is 48.4 Å². The van der Waals surface area contributed by atoms with Gasteiger partial charge in [0.15, 0.2) is 0 Å². The van der Waals surface area contributed by atoms with Gasteiger partial charge in [0.25, 0.3) is 11.6 Å². The molecule has 1 unspecified atom stereocenters. The lowest BCUT2D eigenvalue weighted by Gasteiger charge is -2.32. The second-order valence-corrected chi connectivity index (χ2v) is 6.05. The molecule has 0 bridgehead atoms. The molecule has 0 saturated carbocycles. The van der Waals surface area contributed by atoms with Gasteiger partial charge in [-0.3, -0.25) is 14.9 Å². The van der Waals surface area contributed by atoms with Crippen molar-refractivity contribution in [1.82, 2.24) is 4.90 Å². The van der Waals surface area contributed by atoms with E-state index < -0.39 is 4.92 Å². The molecule has 1 aromatic carbocycles. The summed E-state index contributed by atoms with van der Waals surface area (Å²) in [5.74, 6) is -0.160. The topological polar surface area (TPSA) is 72.7 Å². The van der Waals surface area contributed by atoms with Crippen LogP contribution in [0, 0.1) is 13.7 Å². The average Bonchev–Trinajstić information content (AvgIpc) is 2.47. The molecule has 1 aliphatic rings. The summed E-state index contributed by atoms with van der Waals surface area (Å²) in [5.41, 5.74) is 0.332. The van der Waals surface area contributed by atoms with Crippen molar-refractivity contribution in [2.75, 3.05) is 19.7 Å². The highest BCUT2D eigenvalue weighted by Gasteiger charge is 2.26. The summed E-state index contributed by atoms with van der Waals surface area (Å²) in [6, 6.07) is 4.38. The third kappa shape index (κ3) is 3.91. The van der Waals surface area contributed by atoms with Crippen LogP contribution in [-0.2, 0) is 4.74 Å². The first-order chi connectivity index (χ1) is 10.0. The molecule has 0 aromatic heterocycles. The number of likely N-dealkylation sites (tertiary alicyclic amines) is 1. The third-order valence-corrected chi connectivity index (χ3v) is 4.40. The first-order valence-corrected chi connectivity index (χ1v) is 7.95. The number of nitrogens with zero attached hydrogens (tertiary/aromatic N) is 2. The summed E-state index contributed by atoms with van der Waals surface area (Å²) in [4.78, 5) is 24.7. The number of carbonyl (C=O) groups excluding carboxylic acids is 1. The molecular formula is C14H17IN2O4. The van der Waals surface area contributed by atoms with Crippen molar-refractivity contribution < 1.29 is 14.5 Å². The Kier molecular flexibility index (Phi) is 5.51. The van der Waals surface area contributed by atoms with E-state index >= 15 is 0 Å². The first kappa shape index (κ1) is 16.2. The molecule has 0 radical (unpaired) electrons. The minimum absolute atomic E-state index is 0.0582. The molecule has 2 rings (SSSR count). The largest absolute Gasteiger partial charge is 0.377 e. The summed E-state index contributed by atoms with van der Waals surface area (Å²) in [7, 11) is 0. The van der Waals surface area contributed by atoms with Crippen molar-refractivity contribution in [2.45, 2.75) is 25.9 Å². The Morgan fingerprint density at radius 3 is 3.00 bits per heavy atom. The summed E-state index contributed by atoms with van der Waals surface area (Å²) >= 11 is 2.03. The number of nitro benzene ring substituents is 1. The molecule has 114 valence electrons. The van der Waals surface area contributed by atoms with Crippen molar-refractivity contribution in [3.63, 3.8) is 0 Å². The number of nitro groups is 1. The fraction of sp³-hybridized carbons (Fsp3) is 0.500.